The van der Waals surface area contributed by atoms with Crippen LogP contribution in [0.15, 0.2) is 22.7 Å². The summed E-state index contributed by atoms with van der Waals surface area (Å²) in [7, 11) is 0. The minimum atomic E-state index is -0.455. The molecule has 1 aromatic carbocycles. The Morgan fingerprint density at radius 2 is 1.86 bits per heavy atom. The Hall–Kier alpha value is -1.43. The van der Waals surface area contributed by atoms with Crippen LogP contribution in [0, 0.1) is 0 Å². The maximum atomic E-state index is 12.0. The molecule has 1 aliphatic rings. The number of carbonyl (C=O) groups is 1. The van der Waals surface area contributed by atoms with Crippen LogP contribution in [0.1, 0.15) is 20.8 Å². The predicted molar refractivity (Wildman–Crippen MR) is 88.6 cm³/mol. The fourth-order valence-electron chi connectivity index (χ4n) is 2.25. The summed E-state index contributed by atoms with van der Waals surface area (Å²) in [6.07, 6.45) is -0.246. The quantitative estimate of drug-likeness (QED) is 0.786. The van der Waals surface area contributed by atoms with E-state index < -0.39 is 5.60 Å². The van der Waals surface area contributed by atoms with Crippen LogP contribution in [0.3, 0.4) is 0 Å². The zero-order chi connectivity index (χ0) is 15.6. The van der Waals surface area contributed by atoms with E-state index in [0.29, 0.717) is 13.1 Å². The molecule has 21 heavy (non-hydrogen) atoms. The molecule has 1 aromatic rings. The van der Waals surface area contributed by atoms with E-state index in [1.54, 1.807) is 4.90 Å². The van der Waals surface area contributed by atoms with E-state index in [1.165, 1.54) is 0 Å². The van der Waals surface area contributed by atoms with Crippen LogP contribution < -0.4 is 10.6 Å². The maximum Gasteiger partial charge on any atom is 0.410 e. The van der Waals surface area contributed by atoms with Crippen molar-refractivity contribution in [1.29, 1.82) is 0 Å². The molecule has 0 spiro atoms. The minimum absolute atomic E-state index is 0.246. The highest BCUT2D eigenvalue weighted by Crippen LogP contribution is 2.28. The smallest absolute Gasteiger partial charge is 0.410 e. The van der Waals surface area contributed by atoms with Gasteiger partial charge in [-0.25, -0.2) is 4.79 Å². The highest BCUT2D eigenvalue weighted by molar-refractivity contribution is 9.10. The number of halogens is 1. The van der Waals surface area contributed by atoms with Crippen molar-refractivity contribution in [2.45, 2.75) is 26.4 Å². The number of rotatable bonds is 1. The summed E-state index contributed by atoms with van der Waals surface area (Å²) in [5.74, 6) is 0. The standard InChI is InChI=1S/C15H22BrN3O2/c1-15(2,3)21-14(20)19-8-6-18(7-9-19)13-10-11(16)4-5-12(13)17/h4-5,10H,6-9,17H2,1-3H3. The Labute approximate surface area is 134 Å². The van der Waals surface area contributed by atoms with E-state index in [2.05, 4.69) is 20.8 Å². The second-order valence-electron chi connectivity index (χ2n) is 6.16. The van der Waals surface area contributed by atoms with Gasteiger partial charge in [0, 0.05) is 30.7 Å². The van der Waals surface area contributed by atoms with E-state index in [4.69, 9.17) is 10.5 Å². The summed E-state index contributed by atoms with van der Waals surface area (Å²) in [4.78, 5) is 16.0. The number of anilines is 2. The molecule has 1 aliphatic heterocycles. The van der Waals surface area contributed by atoms with Crippen molar-refractivity contribution in [1.82, 2.24) is 4.90 Å². The van der Waals surface area contributed by atoms with Crippen molar-refractivity contribution in [3.8, 4) is 0 Å². The van der Waals surface area contributed by atoms with E-state index >= 15 is 0 Å². The number of hydrogen-bond donors (Lipinski definition) is 1. The number of ether oxygens (including phenoxy) is 1. The first-order valence-electron chi connectivity index (χ1n) is 7.04. The summed E-state index contributed by atoms with van der Waals surface area (Å²) in [5, 5.41) is 0. The first-order valence-corrected chi connectivity index (χ1v) is 7.83. The molecule has 1 fully saturated rings. The minimum Gasteiger partial charge on any atom is -0.444 e. The van der Waals surface area contributed by atoms with Crippen LogP contribution >= 0.6 is 15.9 Å². The van der Waals surface area contributed by atoms with E-state index in [9.17, 15) is 4.79 Å². The van der Waals surface area contributed by atoms with Gasteiger partial charge in [-0.1, -0.05) is 15.9 Å². The van der Waals surface area contributed by atoms with Crippen LogP contribution in [-0.2, 0) is 4.74 Å². The molecule has 1 saturated heterocycles. The molecular weight excluding hydrogens is 334 g/mol. The largest absolute Gasteiger partial charge is 0.444 e. The van der Waals surface area contributed by atoms with Crippen LogP contribution in [0.4, 0.5) is 16.2 Å². The number of hydrogen-bond acceptors (Lipinski definition) is 4. The summed E-state index contributed by atoms with van der Waals surface area (Å²) in [6, 6.07) is 5.83. The first-order chi connectivity index (χ1) is 9.76. The van der Waals surface area contributed by atoms with Gasteiger partial charge in [0.05, 0.1) is 11.4 Å². The molecule has 116 valence electrons. The number of carbonyl (C=O) groups excluding carboxylic acids is 1. The lowest BCUT2D eigenvalue weighted by molar-refractivity contribution is 0.0240. The van der Waals surface area contributed by atoms with Crippen LogP contribution in [-0.4, -0.2) is 42.8 Å². The summed E-state index contributed by atoms with van der Waals surface area (Å²) < 4.78 is 6.40. The van der Waals surface area contributed by atoms with Gasteiger partial charge in [-0.3, -0.25) is 0 Å². The van der Waals surface area contributed by atoms with Gasteiger partial charge >= 0.3 is 6.09 Å². The van der Waals surface area contributed by atoms with E-state index in [1.807, 2.05) is 39.0 Å². The van der Waals surface area contributed by atoms with Crippen LogP contribution in [0.25, 0.3) is 0 Å². The SMILES string of the molecule is CC(C)(C)OC(=O)N1CCN(c2cc(Br)ccc2N)CC1. The van der Waals surface area contributed by atoms with Gasteiger partial charge in [0.1, 0.15) is 5.60 Å². The van der Waals surface area contributed by atoms with E-state index in [0.717, 1.165) is 28.9 Å². The normalized spacial score (nSPS) is 16.0. The highest BCUT2D eigenvalue weighted by atomic mass is 79.9. The summed E-state index contributed by atoms with van der Waals surface area (Å²) in [6.45, 7) is 8.41. The number of nitrogen functional groups attached to an aromatic ring is 1. The lowest BCUT2D eigenvalue weighted by atomic mass is 10.2. The van der Waals surface area contributed by atoms with Crippen LogP contribution in [0.5, 0.6) is 0 Å². The molecule has 1 amide bonds. The van der Waals surface area contributed by atoms with Crippen molar-refractivity contribution in [3.05, 3.63) is 22.7 Å². The van der Waals surface area contributed by atoms with Crippen molar-refractivity contribution in [2.24, 2.45) is 0 Å². The monoisotopic (exact) mass is 355 g/mol. The lowest BCUT2D eigenvalue weighted by Crippen LogP contribution is -2.50. The Bertz CT molecular complexity index is 520. The average molecular weight is 356 g/mol. The van der Waals surface area contributed by atoms with Gasteiger partial charge in [0.15, 0.2) is 0 Å². The number of amides is 1. The van der Waals surface area contributed by atoms with Crippen LogP contribution in [0.2, 0.25) is 0 Å². The molecule has 0 aliphatic carbocycles. The Morgan fingerprint density at radius 1 is 1.24 bits per heavy atom. The molecule has 2 N–H and O–H groups in total. The zero-order valence-electron chi connectivity index (χ0n) is 12.7. The van der Waals surface area contributed by atoms with Crippen molar-refractivity contribution in [2.75, 3.05) is 36.8 Å². The molecule has 0 saturated carbocycles. The molecular formula is C15H22BrN3O2. The molecule has 5 nitrogen and oxygen atoms in total. The van der Waals surface area contributed by atoms with Gasteiger partial charge < -0.3 is 20.3 Å². The summed E-state index contributed by atoms with van der Waals surface area (Å²) >= 11 is 3.46. The third-order valence-corrected chi connectivity index (χ3v) is 3.76. The fourth-order valence-corrected chi connectivity index (χ4v) is 2.60. The molecule has 0 atom stereocenters. The Kier molecular flexibility index (Phi) is 4.66. The van der Waals surface area contributed by atoms with Gasteiger partial charge in [-0.2, -0.15) is 0 Å². The van der Waals surface area contributed by atoms with Crippen molar-refractivity contribution < 1.29 is 9.53 Å². The van der Waals surface area contributed by atoms with Gasteiger partial charge in [0.2, 0.25) is 0 Å². The van der Waals surface area contributed by atoms with Crippen molar-refractivity contribution in [3.63, 3.8) is 0 Å². The molecule has 2 rings (SSSR count). The fraction of sp³-hybridized carbons (Fsp3) is 0.533. The molecule has 0 radical (unpaired) electrons. The predicted octanol–water partition coefficient (Wildman–Crippen LogP) is 3.09. The third-order valence-electron chi connectivity index (χ3n) is 3.26. The van der Waals surface area contributed by atoms with Gasteiger partial charge in [-0.15, -0.1) is 0 Å². The van der Waals surface area contributed by atoms with E-state index in [-0.39, 0.29) is 6.09 Å². The zero-order valence-corrected chi connectivity index (χ0v) is 14.3. The van der Waals surface area contributed by atoms with Crippen molar-refractivity contribution >= 4 is 33.4 Å². The average Bonchev–Trinajstić information content (AvgIpc) is 2.40. The van der Waals surface area contributed by atoms with Gasteiger partial charge in [0.25, 0.3) is 0 Å². The van der Waals surface area contributed by atoms with Gasteiger partial charge in [-0.05, 0) is 39.0 Å². The number of piperazine rings is 1. The third kappa shape index (κ3) is 4.27. The lowest BCUT2D eigenvalue weighted by Gasteiger charge is -2.37. The number of benzene rings is 1. The molecule has 0 bridgehead atoms. The number of nitrogens with two attached hydrogens (primary N) is 1. The second-order valence-corrected chi connectivity index (χ2v) is 7.07. The Balaban J connectivity index is 1.97. The maximum absolute atomic E-state index is 12.0. The first kappa shape index (κ1) is 15.9. The Morgan fingerprint density at radius 3 is 2.43 bits per heavy atom. The second kappa shape index (κ2) is 6.13. The molecule has 0 unspecified atom stereocenters. The molecule has 6 heteroatoms. The topological polar surface area (TPSA) is 58.8 Å². The number of nitrogens with zero attached hydrogens (tertiary/aromatic N) is 2. The molecule has 0 aromatic heterocycles. The highest BCUT2D eigenvalue weighted by Gasteiger charge is 2.26. The summed E-state index contributed by atoms with van der Waals surface area (Å²) in [5.41, 5.74) is 7.34. The molecule has 1 heterocycles.